The lowest BCUT2D eigenvalue weighted by Crippen LogP contribution is -2.28. The summed E-state index contributed by atoms with van der Waals surface area (Å²) in [5, 5.41) is 13.8. The van der Waals surface area contributed by atoms with Crippen molar-refractivity contribution in [3.8, 4) is 0 Å². The number of thiazole rings is 1. The Morgan fingerprint density at radius 1 is 1.43 bits per heavy atom. The molecule has 2 heterocycles. The molecule has 108 valence electrons. The average molecular weight is 300 g/mol. The van der Waals surface area contributed by atoms with E-state index in [0.29, 0.717) is 5.69 Å². The predicted molar refractivity (Wildman–Crippen MR) is 83.4 cm³/mol. The molecule has 0 unspecified atom stereocenters. The fraction of sp³-hybridized carbons (Fsp3) is 0.267. The Bertz CT molecular complexity index is 777. The number of aromatic nitrogens is 3. The van der Waals surface area contributed by atoms with Crippen molar-refractivity contribution < 1.29 is 4.79 Å². The van der Waals surface area contributed by atoms with Crippen LogP contribution in [0.4, 0.5) is 0 Å². The highest BCUT2D eigenvalue weighted by Gasteiger charge is 2.20. The third-order valence-corrected chi connectivity index (χ3v) is 4.41. The Morgan fingerprint density at radius 3 is 2.95 bits per heavy atom. The van der Waals surface area contributed by atoms with Crippen molar-refractivity contribution in [1.29, 1.82) is 0 Å². The number of aryl methyl sites for hydroxylation is 1. The Hall–Kier alpha value is -2.21. The number of aromatic amines is 1. The van der Waals surface area contributed by atoms with Gasteiger partial charge in [-0.3, -0.25) is 9.89 Å². The minimum atomic E-state index is -0.174. The van der Waals surface area contributed by atoms with Gasteiger partial charge in [0, 0.05) is 16.5 Å². The number of carbonyl (C=O) groups excluding carboxylic acids is 1. The monoisotopic (exact) mass is 300 g/mol. The van der Waals surface area contributed by atoms with E-state index in [1.54, 1.807) is 11.3 Å². The molecule has 0 aliphatic carbocycles. The summed E-state index contributed by atoms with van der Waals surface area (Å²) >= 11 is 1.57. The maximum Gasteiger partial charge on any atom is 0.272 e. The Morgan fingerprint density at radius 2 is 2.24 bits per heavy atom. The van der Waals surface area contributed by atoms with Crippen LogP contribution in [0.15, 0.2) is 29.6 Å². The molecular formula is C15H16N4OS. The van der Waals surface area contributed by atoms with Gasteiger partial charge in [-0.25, -0.2) is 4.98 Å². The van der Waals surface area contributed by atoms with Crippen molar-refractivity contribution in [2.75, 3.05) is 0 Å². The predicted octanol–water partition coefficient (Wildman–Crippen LogP) is 3.21. The highest BCUT2D eigenvalue weighted by atomic mass is 32.1. The van der Waals surface area contributed by atoms with Crippen LogP contribution in [0.25, 0.3) is 10.9 Å². The van der Waals surface area contributed by atoms with Crippen LogP contribution in [0.5, 0.6) is 0 Å². The average Bonchev–Trinajstić information content (AvgIpc) is 3.10. The van der Waals surface area contributed by atoms with Gasteiger partial charge >= 0.3 is 0 Å². The number of hydrogen-bond donors (Lipinski definition) is 2. The molecule has 0 fully saturated rings. The zero-order valence-electron chi connectivity index (χ0n) is 11.9. The lowest BCUT2D eigenvalue weighted by Gasteiger charge is -2.13. The molecule has 1 amide bonds. The van der Waals surface area contributed by atoms with Gasteiger partial charge in [0.15, 0.2) is 5.69 Å². The van der Waals surface area contributed by atoms with Crippen LogP contribution >= 0.6 is 11.3 Å². The molecule has 21 heavy (non-hydrogen) atoms. The molecule has 5 nitrogen and oxygen atoms in total. The van der Waals surface area contributed by atoms with Gasteiger partial charge in [0.05, 0.1) is 11.6 Å². The van der Waals surface area contributed by atoms with Gasteiger partial charge in [-0.1, -0.05) is 25.1 Å². The number of benzene rings is 1. The van der Waals surface area contributed by atoms with Gasteiger partial charge < -0.3 is 5.32 Å². The van der Waals surface area contributed by atoms with E-state index >= 15 is 0 Å². The number of hydrogen-bond acceptors (Lipinski definition) is 4. The van der Waals surface area contributed by atoms with E-state index in [1.165, 1.54) is 0 Å². The number of para-hydroxylation sites is 1. The van der Waals surface area contributed by atoms with Crippen LogP contribution in [-0.4, -0.2) is 21.1 Å². The first-order valence-electron chi connectivity index (χ1n) is 6.85. The van der Waals surface area contributed by atoms with Gasteiger partial charge in [-0.05, 0) is 19.4 Å². The van der Waals surface area contributed by atoms with E-state index < -0.39 is 0 Å². The summed E-state index contributed by atoms with van der Waals surface area (Å²) in [6.07, 6.45) is 0.793. The van der Waals surface area contributed by atoms with Crippen molar-refractivity contribution in [1.82, 2.24) is 20.5 Å². The summed E-state index contributed by atoms with van der Waals surface area (Å²) in [5.74, 6) is -0.174. The molecule has 0 bridgehead atoms. The topological polar surface area (TPSA) is 70.7 Å². The summed E-state index contributed by atoms with van der Waals surface area (Å²) in [6.45, 7) is 3.99. The molecule has 0 radical (unpaired) electrons. The van der Waals surface area contributed by atoms with Crippen molar-refractivity contribution in [3.05, 3.63) is 46.0 Å². The van der Waals surface area contributed by atoms with E-state index in [9.17, 15) is 4.79 Å². The highest BCUT2D eigenvalue weighted by molar-refractivity contribution is 7.09. The van der Waals surface area contributed by atoms with Crippen LogP contribution in [0.3, 0.4) is 0 Å². The molecule has 3 aromatic rings. The van der Waals surface area contributed by atoms with Gasteiger partial charge in [-0.15, -0.1) is 11.3 Å². The lowest BCUT2D eigenvalue weighted by atomic mass is 10.2. The quantitative estimate of drug-likeness (QED) is 0.777. The Balaban J connectivity index is 1.85. The van der Waals surface area contributed by atoms with Crippen LogP contribution < -0.4 is 5.32 Å². The minimum absolute atomic E-state index is 0.0772. The molecule has 0 aliphatic rings. The van der Waals surface area contributed by atoms with Crippen molar-refractivity contribution in [2.45, 2.75) is 26.3 Å². The number of nitrogens with zero attached hydrogens (tertiary/aromatic N) is 2. The van der Waals surface area contributed by atoms with Gasteiger partial charge in [-0.2, -0.15) is 5.10 Å². The van der Waals surface area contributed by atoms with E-state index in [0.717, 1.165) is 28.0 Å². The molecule has 0 saturated carbocycles. The van der Waals surface area contributed by atoms with Crippen LogP contribution in [-0.2, 0) is 0 Å². The largest absolute Gasteiger partial charge is 0.341 e. The van der Waals surface area contributed by atoms with Crippen LogP contribution in [0.1, 0.15) is 40.6 Å². The third-order valence-electron chi connectivity index (χ3n) is 3.33. The molecular weight excluding hydrogens is 284 g/mol. The SMILES string of the molecule is CC[C@@H](NC(=O)c1n[nH]c2ccccc12)c1nc(C)cs1. The normalized spacial score (nSPS) is 12.5. The first-order chi connectivity index (χ1) is 10.2. The number of nitrogens with one attached hydrogen (secondary N) is 2. The van der Waals surface area contributed by atoms with Crippen molar-refractivity contribution >= 4 is 28.1 Å². The first kappa shape index (κ1) is 13.8. The number of amides is 1. The third kappa shape index (κ3) is 2.67. The number of rotatable bonds is 4. The van der Waals surface area contributed by atoms with Gasteiger partial charge in [0.2, 0.25) is 0 Å². The Kier molecular flexibility index (Phi) is 3.70. The molecule has 0 aliphatic heterocycles. The second-order valence-corrected chi connectivity index (χ2v) is 5.77. The number of fused-ring (bicyclic) bond motifs is 1. The molecule has 0 spiro atoms. The van der Waals surface area contributed by atoms with E-state index in [2.05, 4.69) is 20.5 Å². The fourth-order valence-corrected chi connectivity index (χ4v) is 3.16. The number of H-pyrrole nitrogens is 1. The van der Waals surface area contributed by atoms with Crippen molar-refractivity contribution in [2.24, 2.45) is 0 Å². The maximum atomic E-state index is 12.5. The zero-order chi connectivity index (χ0) is 14.8. The summed E-state index contributed by atoms with van der Waals surface area (Å²) in [5.41, 5.74) is 2.27. The molecule has 2 aromatic heterocycles. The van der Waals surface area contributed by atoms with E-state index in [-0.39, 0.29) is 11.9 Å². The summed E-state index contributed by atoms with van der Waals surface area (Å²) in [7, 11) is 0. The first-order valence-corrected chi connectivity index (χ1v) is 7.73. The second-order valence-electron chi connectivity index (χ2n) is 4.88. The van der Waals surface area contributed by atoms with Crippen LogP contribution in [0, 0.1) is 6.92 Å². The fourth-order valence-electron chi connectivity index (χ4n) is 2.23. The Labute approximate surface area is 126 Å². The summed E-state index contributed by atoms with van der Waals surface area (Å²) < 4.78 is 0. The van der Waals surface area contributed by atoms with Crippen LogP contribution in [0.2, 0.25) is 0 Å². The van der Waals surface area contributed by atoms with E-state index in [1.807, 2.05) is 43.5 Å². The molecule has 1 atom stereocenters. The van der Waals surface area contributed by atoms with Gasteiger partial charge in [0.25, 0.3) is 5.91 Å². The highest BCUT2D eigenvalue weighted by Crippen LogP contribution is 2.22. The van der Waals surface area contributed by atoms with E-state index in [4.69, 9.17) is 0 Å². The standard InChI is InChI=1S/C15H16N4OS/c1-3-11(15-16-9(2)8-21-15)17-14(20)13-10-6-4-5-7-12(10)18-19-13/h4-8,11H,3H2,1-2H3,(H,17,20)(H,18,19)/t11-/m1/s1. The molecule has 1 aromatic carbocycles. The smallest absolute Gasteiger partial charge is 0.272 e. The molecule has 3 rings (SSSR count). The van der Waals surface area contributed by atoms with Crippen molar-refractivity contribution in [3.63, 3.8) is 0 Å². The zero-order valence-corrected chi connectivity index (χ0v) is 12.7. The molecule has 0 saturated heterocycles. The maximum absolute atomic E-state index is 12.5. The summed E-state index contributed by atoms with van der Waals surface area (Å²) in [4.78, 5) is 16.9. The summed E-state index contributed by atoms with van der Waals surface area (Å²) in [6, 6.07) is 7.53. The minimum Gasteiger partial charge on any atom is -0.341 e. The molecule has 2 N–H and O–H groups in total. The molecule has 6 heteroatoms. The second kappa shape index (κ2) is 5.65. The lowest BCUT2D eigenvalue weighted by molar-refractivity contribution is 0.0932. The number of carbonyl (C=O) groups is 1. The van der Waals surface area contributed by atoms with Gasteiger partial charge in [0.1, 0.15) is 5.01 Å².